The summed E-state index contributed by atoms with van der Waals surface area (Å²) in [7, 11) is 1.53. The van der Waals surface area contributed by atoms with Gasteiger partial charge >= 0.3 is 0 Å². The summed E-state index contributed by atoms with van der Waals surface area (Å²) in [6.07, 6.45) is 1.37. The molecule has 4 rings (SSSR count). The molecule has 1 aliphatic heterocycles. The highest BCUT2D eigenvalue weighted by molar-refractivity contribution is 6.02. The Bertz CT molecular complexity index is 1000. The predicted molar refractivity (Wildman–Crippen MR) is 101 cm³/mol. The van der Waals surface area contributed by atoms with Gasteiger partial charge in [-0.3, -0.25) is 9.59 Å². The van der Waals surface area contributed by atoms with E-state index in [0.29, 0.717) is 23.8 Å². The average molecular weight is 378 g/mol. The third-order valence-corrected chi connectivity index (χ3v) is 4.66. The molecule has 2 amide bonds. The Labute approximate surface area is 160 Å². The van der Waals surface area contributed by atoms with Gasteiger partial charge in [-0.2, -0.15) is 4.98 Å². The molecule has 1 aromatic heterocycles. The lowest BCUT2D eigenvalue weighted by Gasteiger charge is -2.26. The van der Waals surface area contributed by atoms with Crippen LogP contribution < -0.4 is 15.4 Å². The van der Waals surface area contributed by atoms with Gasteiger partial charge in [0.05, 0.1) is 18.7 Å². The van der Waals surface area contributed by atoms with Gasteiger partial charge in [0.1, 0.15) is 5.75 Å². The Hall–Kier alpha value is -3.68. The molecule has 0 bridgehead atoms. The quantitative estimate of drug-likeness (QED) is 0.706. The second-order valence-corrected chi connectivity index (χ2v) is 6.40. The van der Waals surface area contributed by atoms with Gasteiger partial charge in [0.15, 0.2) is 0 Å². The lowest BCUT2D eigenvalue weighted by Crippen LogP contribution is -2.34. The Morgan fingerprint density at radius 2 is 2.11 bits per heavy atom. The number of amides is 2. The molecular formula is C20H18N4O4. The van der Waals surface area contributed by atoms with Crippen molar-refractivity contribution in [1.82, 2.24) is 15.5 Å². The highest BCUT2D eigenvalue weighted by Gasteiger charge is 2.32. The second-order valence-electron chi connectivity index (χ2n) is 6.40. The number of hydrogen-bond donors (Lipinski definition) is 2. The molecule has 0 saturated carbocycles. The number of methoxy groups -OCH3 is 1. The molecule has 2 aromatic carbocycles. The summed E-state index contributed by atoms with van der Waals surface area (Å²) in [5.41, 5.74) is 3.07. The fraction of sp³-hybridized carbons (Fsp3) is 0.200. The Morgan fingerprint density at radius 3 is 2.82 bits per heavy atom. The first-order valence-electron chi connectivity index (χ1n) is 8.76. The van der Waals surface area contributed by atoms with E-state index in [9.17, 15) is 9.59 Å². The van der Waals surface area contributed by atoms with Crippen LogP contribution in [0.15, 0.2) is 53.4 Å². The molecule has 3 aromatic rings. The number of nitrogens with zero attached hydrogens (tertiary/aromatic N) is 2. The van der Waals surface area contributed by atoms with Gasteiger partial charge in [-0.05, 0) is 17.2 Å². The van der Waals surface area contributed by atoms with Crippen LogP contribution in [-0.4, -0.2) is 29.1 Å². The van der Waals surface area contributed by atoms with Crippen molar-refractivity contribution < 1.29 is 18.8 Å². The van der Waals surface area contributed by atoms with E-state index in [0.717, 1.165) is 16.7 Å². The van der Waals surface area contributed by atoms with Gasteiger partial charge in [-0.15, -0.1) is 0 Å². The van der Waals surface area contributed by atoms with Crippen LogP contribution in [0.25, 0.3) is 11.4 Å². The fourth-order valence-corrected chi connectivity index (χ4v) is 3.24. The van der Waals surface area contributed by atoms with Crippen LogP contribution in [0, 0.1) is 0 Å². The normalized spacial score (nSPS) is 15.5. The van der Waals surface area contributed by atoms with Crippen molar-refractivity contribution in [3.05, 3.63) is 60.0 Å². The number of hydrogen-bond acceptors (Lipinski definition) is 6. The fourth-order valence-electron chi connectivity index (χ4n) is 3.24. The summed E-state index contributed by atoms with van der Waals surface area (Å²) < 4.78 is 10.0. The molecule has 8 heteroatoms. The summed E-state index contributed by atoms with van der Waals surface area (Å²) in [5.74, 6) is 0.0837. The lowest BCUT2D eigenvalue weighted by atomic mass is 9.89. The number of ether oxygens (including phenoxy) is 1. The molecular weight excluding hydrogens is 360 g/mol. The molecule has 0 saturated heterocycles. The largest absolute Gasteiger partial charge is 0.495 e. The van der Waals surface area contributed by atoms with E-state index < -0.39 is 5.92 Å². The van der Waals surface area contributed by atoms with Gasteiger partial charge < -0.3 is 19.9 Å². The first kappa shape index (κ1) is 17.7. The molecule has 142 valence electrons. The summed E-state index contributed by atoms with van der Waals surface area (Å²) in [6.45, 7) is 0.350. The Morgan fingerprint density at radius 1 is 1.29 bits per heavy atom. The summed E-state index contributed by atoms with van der Waals surface area (Å²) >= 11 is 0. The summed E-state index contributed by atoms with van der Waals surface area (Å²) in [6, 6.07) is 12.9. The summed E-state index contributed by atoms with van der Waals surface area (Å²) in [4.78, 5) is 28.8. The molecule has 2 N–H and O–H groups in total. The summed E-state index contributed by atoms with van der Waals surface area (Å²) in [5, 5.41) is 9.50. The second kappa shape index (κ2) is 7.51. The van der Waals surface area contributed by atoms with Gasteiger partial charge in [0.2, 0.25) is 24.0 Å². The van der Waals surface area contributed by atoms with E-state index >= 15 is 0 Å². The number of benzene rings is 2. The van der Waals surface area contributed by atoms with Crippen molar-refractivity contribution in [1.29, 1.82) is 0 Å². The molecule has 1 atom stereocenters. The van der Waals surface area contributed by atoms with Crippen molar-refractivity contribution in [2.24, 2.45) is 0 Å². The minimum atomic E-state index is -0.558. The van der Waals surface area contributed by atoms with E-state index in [4.69, 9.17) is 9.26 Å². The molecule has 1 aliphatic rings. The number of carbonyl (C=O) groups excluding carboxylic acids is 2. The van der Waals surface area contributed by atoms with Crippen LogP contribution in [0.5, 0.6) is 5.75 Å². The first-order valence-corrected chi connectivity index (χ1v) is 8.76. The standard InChI is InChI=1S/C20H18N4O4/c1-27-16-4-2-3-14-15(9-17(25)23-18(14)16)20(26)21-10-12-5-7-13(8-6-12)19-22-11-28-24-19/h2-8,11,15H,9-10H2,1H3,(H,21,26)(H,23,25). The predicted octanol–water partition coefficient (Wildman–Crippen LogP) is 2.49. The number of carbonyl (C=O) groups is 2. The number of fused-ring (bicyclic) bond motifs is 1. The van der Waals surface area contributed by atoms with Crippen molar-refractivity contribution in [2.75, 3.05) is 12.4 Å². The number of anilines is 1. The highest BCUT2D eigenvalue weighted by Crippen LogP contribution is 2.38. The zero-order chi connectivity index (χ0) is 19.5. The minimum Gasteiger partial charge on any atom is -0.495 e. The Kier molecular flexibility index (Phi) is 4.76. The van der Waals surface area contributed by atoms with Crippen LogP contribution in [-0.2, 0) is 16.1 Å². The van der Waals surface area contributed by atoms with Gasteiger partial charge in [0.25, 0.3) is 0 Å². The zero-order valence-corrected chi connectivity index (χ0v) is 15.1. The molecule has 0 aliphatic carbocycles. The zero-order valence-electron chi connectivity index (χ0n) is 15.1. The molecule has 0 fully saturated rings. The number of rotatable bonds is 5. The van der Waals surface area contributed by atoms with E-state index in [1.165, 1.54) is 13.5 Å². The topological polar surface area (TPSA) is 106 Å². The van der Waals surface area contributed by atoms with Crippen molar-refractivity contribution in [3.63, 3.8) is 0 Å². The molecule has 2 heterocycles. The highest BCUT2D eigenvalue weighted by atomic mass is 16.5. The first-order chi connectivity index (χ1) is 13.7. The van der Waals surface area contributed by atoms with Gasteiger partial charge in [-0.25, -0.2) is 0 Å². The Balaban J connectivity index is 1.47. The number of para-hydroxylation sites is 1. The van der Waals surface area contributed by atoms with Crippen LogP contribution in [0.1, 0.15) is 23.5 Å². The molecule has 1 unspecified atom stereocenters. The number of nitrogens with one attached hydrogen (secondary N) is 2. The van der Waals surface area contributed by atoms with Crippen molar-refractivity contribution >= 4 is 17.5 Å². The SMILES string of the molecule is COc1cccc2c1NC(=O)CC2C(=O)NCc1ccc(-c2ncon2)cc1. The molecule has 28 heavy (non-hydrogen) atoms. The molecule has 0 radical (unpaired) electrons. The van der Waals surface area contributed by atoms with Crippen molar-refractivity contribution in [2.45, 2.75) is 18.9 Å². The molecule has 8 nitrogen and oxygen atoms in total. The third-order valence-electron chi connectivity index (χ3n) is 4.66. The van der Waals surface area contributed by atoms with Gasteiger partial charge in [-0.1, -0.05) is 41.6 Å². The van der Waals surface area contributed by atoms with E-state index in [-0.39, 0.29) is 18.2 Å². The van der Waals surface area contributed by atoms with Crippen LogP contribution in [0.2, 0.25) is 0 Å². The maximum atomic E-state index is 12.8. The third kappa shape index (κ3) is 3.44. The average Bonchev–Trinajstić information content (AvgIpc) is 3.26. The monoisotopic (exact) mass is 378 g/mol. The maximum absolute atomic E-state index is 12.8. The minimum absolute atomic E-state index is 0.1000. The molecule has 0 spiro atoms. The van der Waals surface area contributed by atoms with Crippen molar-refractivity contribution in [3.8, 4) is 17.1 Å². The van der Waals surface area contributed by atoms with E-state index in [1.54, 1.807) is 6.07 Å². The van der Waals surface area contributed by atoms with E-state index in [2.05, 4.69) is 20.8 Å². The number of aromatic nitrogens is 2. The maximum Gasteiger partial charge on any atom is 0.228 e. The van der Waals surface area contributed by atoms with Crippen LogP contribution in [0.4, 0.5) is 5.69 Å². The van der Waals surface area contributed by atoms with Gasteiger partial charge in [0, 0.05) is 18.5 Å². The smallest absolute Gasteiger partial charge is 0.228 e. The van der Waals surface area contributed by atoms with Crippen LogP contribution in [0.3, 0.4) is 0 Å². The van der Waals surface area contributed by atoms with E-state index in [1.807, 2.05) is 36.4 Å². The van der Waals surface area contributed by atoms with Crippen LogP contribution >= 0.6 is 0 Å². The lowest BCUT2D eigenvalue weighted by molar-refractivity contribution is -0.126.